The van der Waals surface area contributed by atoms with Crippen LogP contribution in [0.3, 0.4) is 0 Å². The highest BCUT2D eigenvalue weighted by molar-refractivity contribution is 5.27. The van der Waals surface area contributed by atoms with Crippen LogP contribution in [-0.2, 0) is 20.6 Å². The summed E-state index contributed by atoms with van der Waals surface area (Å²) >= 11 is 0. The van der Waals surface area contributed by atoms with Crippen LogP contribution in [0.1, 0.15) is 25.3 Å². The van der Waals surface area contributed by atoms with Crippen molar-refractivity contribution in [3.8, 4) is 5.75 Å². The van der Waals surface area contributed by atoms with Gasteiger partial charge in [-0.1, -0.05) is 12.1 Å². The summed E-state index contributed by atoms with van der Waals surface area (Å²) in [6, 6.07) is 4.71. The van der Waals surface area contributed by atoms with E-state index in [9.17, 15) is 28.5 Å². The van der Waals surface area contributed by atoms with E-state index in [4.69, 9.17) is 14.2 Å². The summed E-state index contributed by atoms with van der Waals surface area (Å²) in [5.41, 5.74) is -1.02. The van der Waals surface area contributed by atoms with Gasteiger partial charge in [-0.3, -0.25) is 0 Å². The molecule has 13 heteroatoms. The Morgan fingerprint density at radius 3 is 2.43 bits per heavy atom. The Morgan fingerprint density at radius 2 is 1.81 bits per heavy atom. The topological polar surface area (TPSA) is 134 Å². The predicted octanol–water partition coefficient (Wildman–Crippen LogP) is -0.00350. The van der Waals surface area contributed by atoms with Gasteiger partial charge in [0.15, 0.2) is 0 Å². The zero-order valence-corrected chi connectivity index (χ0v) is 21.0. The highest BCUT2D eigenvalue weighted by atomic mass is 19.4. The molecule has 1 saturated carbocycles. The maximum atomic E-state index is 12.3. The van der Waals surface area contributed by atoms with E-state index in [1.54, 1.807) is 21.0 Å². The summed E-state index contributed by atoms with van der Waals surface area (Å²) in [5, 5.41) is 43.3. The number of aliphatic hydroxyl groups is 3. The van der Waals surface area contributed by atoms with E-state index in [1.165, 1.54) is 24.3 Å². The number of rotatable bonds is 8. The number of aliphatic hydroxyl groups excluding tert-OH is 1. The van der Waals surface area contributed by atoms with E-state index in [0.29, 0.717) is 19.4 Å². The number of alkyl halides is 3. The first-order valence-electron chi connectivity index (χ1n) is 12.4. The summed E-state index contributed by atoms with van der Waals surface area (Å²) in [6.45, 7) is 2.07. The van der Waals surface area contributed by atoms with Crippen LogP contribution in [0, 0.1) is 0 Å². The Kier molecular flexibility index (Phi) is 8.39. The van der Waals surface area contributed by atoms with Crippen LogP contribution in [0.25, 0.3) is 0 Å². The quantitative estimate of drug-likeness (QED) is 0.253. The molecule has 0 aromatic heterocycles. The van der Waals surface area contributed by atoms with E-state index in [1.807, 2.05) is 0 Å². The van der Waals surface area contributed by atoms with Crippen LogP contribution in [0.5, 0.6) is 5.75 Å². The number of likely N-dealkylation sites (N-methyl/N-ethyl adjacent to an activating group) is 2. The van der Waals surface area contributed by atoms with E-state index < -0.39 is 54.5 Å². The van der Waals surface area contributed by atoms with Gasteiger partial charge in [-0.15, -0.1) is 13.2 Å². The van der Waals surface area contributed by atoms with Crippen molar-refractivity contribution in [3.63, 3.8) is 0 Å². The summed E-state index contributed by atoms with van der Waals surface area (Å²) < 4.78 is 59.0. The van der Waals surface area contributed by atoms with Crippen molar-refractivity contribution >= 4 is 0 Å². The third-order valence-corrected chi connectivity index (χ3v) is 7.44. The molecule has 1 aromatic carbocycles. The largest absolute Gasteiger partial charge is 0.573 e. The number of benzene rings is 1. The standard InChI is InChI=1S/C24H36F3N3O7/c1-13-11-22(32,12-30-9-8-14-4-6-15(7-5-14)36-24(25,26)27)23(33)21(34-13)35-17-10-16(28-2)19(31)18(29-3)20(17)37-23/h4-7,13,16-21,28-33H,8-12H2,1-3H3/t13-,16+,17?,18+,19+,20+,21+,22?,23-/m1/s1. The molecule has 37 heavy (non-hydrogen) atoms. The maximum absolute atomic E-state index is 12.3. The van der Waals surface area contributed by atoms with Gasteiger partial charge in [-0.25, -0.2) is 0 Å². The van der Waals surface area contributed by atoms with Crippen molar-refractivity contribution in [2.24, 2.45) is 0 Å². The lowest BCUT2D eigenvalue weighted by Crippen LogP contribution is -2.79. The first kappa shape index (κ1) is 28.5. The molecule has 3 fully saturated rings. The molecular formula is C24H36F3N3O7. The highest BCUT2D eigenvalue weighted by Crippen LogP contribution is 2.46. The second kappa shape index (κ2) is 10.9. The average Bonchev–Trinajstić information content (AvgIpc) is 2.82. The van der Waals surface area contributed by atoms with Crippen molar-refractivity contribution in [1.82, 2.24) is 16.0 Å². The first-order chi connectivity index (χ1) is 17.4. The first-order valence-corrected chi connectivity index (χ1v) is 12.4. The van der Waals surface area contributed by atoms with E-state index in [-0.39, 0.29) is 24.8 Å². The number of ether oxygens (including phenoxy) is 4. The van der Waals surface area contributed by atoms with Gasteiger partial charge in [0.05, 0.1) is 24.4 Å². The molecule has 6 N–H and O–H groups in total. The summed E-state index contributed by atoms with van der Waals surface area (Å²) in [6.07, 6.45) is -7.54. The summed E-state index contributed by atoms with van der Waals surface area (Å²) in [5.74, 6) is -2.50. The van der Waals surface area contributed by atoms with Crippen LogP contribution in [0.2, 0.25) is 0 Å². The fourth-order valence-corrected chi connectivity index (χ4v) is 5.54. The third-order valence-electron chi connectivity index (χ3n) is 7.44. The van der Waals surface area contributed by atoms with Crippen LogP contribution < -0.4 is 20.7 Å². The molecule has 0 spiro atoms. The minimum Gasteiger partial charge on any atom is -0.406 e. The minimum absolute atomic E-state index is 0.0587. The predicted molar refractivity (Wildman–Crippen MR) is 125 cm³/mol. The molecule has 4 rings (SSSR count). The Morgan fingerprint density at radius 1 is 1.11 bits per heavy atom. The van der Waals surface area contributed by atoms with E-state index in [2.05, 4.69) is 20.7 Å². The van der Waals surface area contributed by atoms with Gasteiger partial charge in [0, 0.05) is 19.0 Å². The monoisotopic (exact) mass is 535 g/mol. The normalized spacial score (nSPS) is 40.1. The van der Waals surface area contributed by atoms with Gasteiger partial charge in [-0.2, -0.15) is 0 Å². The molecule has 9 atom stereocenters. The minimum atomic E-state index is -4.75. The van der Waals surface area contributed by atoms with Gasteiger partial charge in [0.2, 0.25) is 12.1 Å². The lowest BCUT2D eigenvalue weighted by atomic mass is 9.79. The van der Waals surface area contributed by atoms with Gasteiger partial charge in [-0.05, 0) is 58.1 Å². The number of hydrogen-bond donors (Lipinski definition) is 6. The SMILES string of the molecule is CN[C@H]1[C@@H](O)[C@@H](NC)CC2O[C@@H]3O[C@H](C)CC(O)(CNCCc4ccc(OC(F)(F)F)cc4)[C@]3(O)O[C@@H]21. The molecule has 2 aliphatic heterocycles. The van der Waals surface area contributed by atoms with Crippen LogP contribution in [0.4, 0.5) is 13.2 Å². The van der Waals surface area contributed by atoms with Gasteiger partial charge >= 0.3 is 6.36 Å². The lowest BCUT2D eigenvalue weighted by molar-refractivity contribution is -0.477. The Bertz CT molecular complexity index is 911. The zero-order valence-electron chi connectivity index (χ0n) is 21.0. The Labute approximate surface area is 213 Å². The van der Waals surface area contributed by atoms with E-state index in [0.717, 1.165) is 5.56 Å². The molecule has 0 bridgehead atoms. The highest BCUT2D eigenvalue weighted by Gasteiger charge is 2.67. The van der Waals surface area contributed by atoms with Crippen molar-refractivity contribution in [3.05, 3.63) is 29.8 Å². The van der Waals surface area contributed by atoms with Gasteiger partial charge in [0.1, 0.15) is 17.5 Å². The number of halogens is 3. The van der Waals surface area contributed by atoms with E-state index >= 15 is 0 Å². The number of fused-ring (bicyclic) bond motifs is 2. The van der Waals surface area contributed by atoms with Gasteiger partial charge < -0.3 is 50.2 Å². The molecule has 0 radical (unpaired) electrons. The zero-order chi connectivity index (χ0) is 27.0. The molecule has 2 heterocycles. The Hall–Kier alpha value is -1.55. The number of nitrogens with one attached hydrogen (secondary N) is 3. The molecule has 2 saturated heterocycles. The smallest absolute Gasteiger partial charge is 0.406 e. The van der Waals surface area contributed by atoms with Crippen LogP contribution in [0.15, 0.2) is 24.3 Å². The molecule has 1 aromatic rings. The fraction of sp³-hybridized carbons (Fsp3) is 0.750. The second-order valence-corrected chi connectivity index (χ2v) is 10.0. The van der Waals surface area contributed by atoms with Crippen molar-refractivity contribution in [2.75, 3.05) is 27.2 Å². The maximum Gasteiger partial charge on any atom is 0.573 e. The molecule has 1 aliphatic carbocycles. The Balaban J connectivity index is 1.41. The summed E-state index contributed by atoms with van der Waals surface area (Å²) in [7, 11) is 3.42. The van der Waals surface area contributed by atoms with Crippen LogP contribution in [-0.4, -0.2) is 103 Å². The third kappa shape index (κ3) is 5.89. The number of hydrogen-bond acceptors (Lipinski definition) is 10. The molecular weight excluding hydrogens is 499 g/mol. The van der Waals surface area contributed by atoms with Crippen molar-refractivity contribution in [2.45, 2.75) is 86.7 Å². The summed E-state index contributed by atoms with van der Waals surface area (Å²) in [4.78, 5) is 0. The fourth-order valence-electron chi connectivity index (χ4n) is 5.54. The van der Waals surface area contributed by atoms with Crippen molar-refractivity contribution in [1.29, 1.82) is 0 Å². The molecule has 3 aliphatic rings. The van der Waals surface area contributed by atoms with Crippen LogP contribution >= 0.6 is 0 Å². The second-order valence-electron chi connectivity index (χ2n) is 10.0. The molecule has 10 nitrogen and oxygen atoms in total. The average molecular weight is 536 g/mol. The molecule has 2 unspecified atom stereocenters. The molecule has 0 amide bonds. The lowest BCUT2D eigenvalue weighted by Gasteiger charge is -2.59. The van der Waals surface area contributed by atoms with Crippen molar-refractivity contribution < 1.29 is 47.4 Å². The molecule has 210 valence electrons. The van der Waals surface area contributed by atoms with Gasteiger partial charge in [0.25, 0.3) is 0 Å².